The molecule has 0 saturated carbocycles. The Morgan fingerprint density at radius 1 is 1.50 bits per heavy atom. The van der Waals surface area contributed by atoms with Gasteiger partial charge in [-0.2, -0.15) is 0 Å². The second-order valence-corrected chi connectivity index (χ2v) is 5.98. The first-order valence-corrected chi connectivity index (χ1v) is 7.35. The van der Waals surface area contributed by atoms with Crippen LogP contribution in [0.4, 0.5) is 5.69 Å². The molecule has 0 bridgehead atoms. The van der Waals surface area contributed by atoms with Crippen LogP contribution >= 0.6 is 0 Å². The minimum absolute atomic E-state index is 0.0325. The molecule has 1 saturated heterocycles. The van der Waals surface area contributed by atoms with Gasteiger partial charge in [0.15, 0.2) is 0 Å². The van der Waals surface area contributed by atoms with Gasteiger partial charge >= 0.3 is 0 Å². The highest BCUT2D eigenvalue weighted by molar-refractivity contribution is 5.60. The number of benzene rings is 1. The third-order valence-corrected chi connectivity index (χ3v) is 4.15. The van der Waals surface area contributed by atoms with Crippen LogP contribution in [0.25, 0.3) is 0 Å². The van der Waals surface area contributed by atoms with Crippen LogP contribution in [0.3, 0.4) is 0 Å². The molecular formula is C16H27N3O. The van der Waals surface area contributed by atoms with Crippen molar-refractivity contribution in [2.45, 2.75) is 19.4 Å². The maximum absolute atomic E-state index is 6.14. The quantitative estimate of drug-likeness (QED) is 0.895. The molecule has 1 aromatic carbocycles. The molecule has 1 heterocycles. The van der Waals surface area contributed by atoms with E-state index in [1.54, 1.807) is 7.11 Å². The molecule has 1 aliphatic heterocycles. The lowest BCUT2D eigenvalue weighted by atomic mass is 10.0. The molecule has 1 aromatic rings. The molecule has 0 aromatic heterocycles. The number of nitrogens with zero attached hydrogens (tertiary/aromatic N) is 2. The van der Waals surface area contributed by atoms with E-state index in [-0.39, 0.29) is 6.04 Å². The van der Waals surface area contributed by atoms with Crippen LogP contribution in [0.15, 0.2) is 18.2 Å². The van der Waals surface area contributed by atoms with Crippen LogP contribution in [-0.4, -0.2) is 45.7 Å². The van der Waals surface area contributed by atoms with Crippen LogP contribution in [0.1, 0.15) is 24.9 Å². The zero-order valence-corrected chi connectivity index (χ0v) is 13.1. The van der Waals surface area contributed by atoms with Gasteiger partial charge in [-0.3, -0.25) is 0 Å². The summed E-state index contributed by atoms with van der Waals surface area (Å²) in [5.41, 5.74) is 8.43. The summed E-state index contributed by atoms with van der Waals surface area (Å²) in [6, 6.07) is 6.13. The van der Waals surface area contributed by atoms with E-state index in [1.165, 1.54) is 25.2 Å². The van der Waals surface area contributed by atoms with Crippen LogP contribution < -0.4 is 15.4 Å². The molecular weight excluding hydrogens is 250 g/mol. The molecule has 0 spiro atoms. The van der Waals surface area contributed by atoms with Gasteiger partial charge in [0.2, 0.25) is 0 Å². The maximum atomic E-state index is 6.14. The number of hydrogen-bond donors (Lipinski definition) is 1. The van der Waals surface area contributed by atoms with E-state index < -0.39 is 0 Å². The van der Waals surface area contributed by atoms with E-state index in [9.17, 15) is 0 Å². The Balaban J connectivity index is 2.18. The summed E-state index contributed by atoms with van der Waals surface area (Å²) >= 11 is 0. The molecule has 112 valence electrons. The van der Waals surface area contributed by atoms with Gasteiger partial charge in [-0.15, -0.1) is 0 Å². The third-order valence-electron chi connectivity index (χ3n) is 4.15. The fraction of sp³-hybridized carbons (Fsp3) is 0.625. The number of likely N-dealkylation sites (tertiary alicyclic amines) is 1. The Morgan fingerprint density at radius 2 is 2.25 bits per heavy atom. The number of rotatable bonds is 5. The fourth-order valence-corrected chi connectivity index (χ4v) is 3.16. The van der Waals surface area contributed by atoms with Crippen LogP contribution in [0, 0.1) is 5.92 Å². The van der Waals surface area contributed by atoms with Gasteiger partial charge in [0.05, 0.1) is 7.11 Å². The molecule has 1 fully saturated rings. The second-order valence-electron chi connectivity index (χ2n) is 5.98. The zero-order chi connectivity index (χ0) is 14.7. The van der Waals surface area contributed by atoms with Gasteiger partial charge < -0.3 is 20.3 Å². The largest absolute Gasteiger partial charge is 0.496 e. The van der Waals surface area contributed by atoms with Gasteiger partial charge in [-0.05, 0) is 45.0 Å². The Labute approximate surface area is 122 Å². The molecule has 20 heavy (non-hydrogen) atoms. The van der Waals surface area contributed by atoms with E-state index in [1.807, 2.05) is 19.1 Å². The summed E-state index contributed by atoms with van der Waals surface area (Å²) in [4.78, 5) is 4.72. The molecule has 2 atom stereocenters. The lowest BCUT2D eigenvalue weighted by molar-refractivity contribution is 0.395. The SMILES string of the molecule is COc1cccc(N(C)CC2CCN(C)C2)c1C(C)N. The first kappa shape index (κ1) is 15.1. The van der Waals surface area contributed by atoms with E-state index >= 15 is 0 Å². The van der Waals surface area contributed by atoms with Crippen molar-refractivity contribution in [2.24, 2.45) is 11.7 Å². The highest BCUT2D eigenvalue weighted by Crippen LogP contribution is 2.33. The molecule has 2 unspecified atom stereocenters. The van der Waals surface area contributed by atoms with Gasteiger partial charge in [0, 0.05) is 37.4 Å². The van der Waals surface area contributed by atoms with Gasteiger partial charge in [-0.25, -0.2) is 0 Å². The van der Waals surface area contributed by atoms with Gasteiger partial charge in [-0.1, -0.05) is 6.07 Å². The molecule has 1 aliphatic rings. The smallest absolute Gasteiger partial charge is 0.125 e. The highest BCUT2D eigenvalue weighted by atomic mass is 16.5. The maximum Gasteiger partial charge on any atom is 0.125 e. The summed E-state index contributed by atoms with van der Waals surface area (Å²) in [5, 5.41) is 0. The van der Waals surface area contributed by atoms with Crippen molar-refractivity contribution >= 4 is 5.69 Å². The predicted octanol–water partition coefficient (Wildman–Crippen LogP) is 2.10. The van der Waals surface area contributed by atoms with Crippen LogP contribution in [-0.2, 0) is 0 Å². The van der Waals surface area contributed by atoms with Crippen molar-refractivity contribution in [3.05, 3.63) is 23.8 Å². The second kappa shape index (κ2) is 6.46. The predicted molar refractivity (Wildman–Crippen MR) is 84.5 cm³/mol. The van der Waals surface area contributed by atoms with Crippen molar-refractivity contribution in [3.63, 3.8) is 0 Å². The Kier molecular flexibility index (Phi) is 4.89. The van der Waals surface area contributed by atoms with E-state index in [0.29, 0.717) is 0 Å². The van der Waals surface area contributed by atoms with E-state index in [2.05, 4.69) is 30.0 Å². The number of ether oxygens (including phenoxy) is 1. The van der Waals surface area contributed by atoms with Crippen molar-refractivity contribution in [2.75, 3.05) is 45.7 Å². The average molecular weight is 277 g/mol. The van der Waals surface area contributed by atoms with Crippen LogP contribution in [0.5, 0.6) is 5.75 Å². The summed E-state index contributed by atoms with van der Waals surface area (Å²) in [5.74, 6) is 1.62. The average Bonchev–Trinajstić information content (AvgIpc) is 2.82. The molecule has 0 radical (unpaired) electrons. The van der Waals surface area contributed by atoms with E-state index in [0.717, 1.165) is 23.8 Å². The lowest BCUT2D eigenvalue weighted by Crippen LogP contribution is -2.28. The molecule has 2 rings (SSSR count). The number of methoxy groups -OCH3 is 1. The minimum atomic E-state index is -0.0325. The van der Waals surface area contributed by atoms with Crippen molar-refractivity contribution in [3.8, 4) is 5.75 Å². The Hall–Kier alpha value is -1.26. The molecule has 2 N–H and O–H groups in total. The third kappa shape index (κ3) is 3.25. The normalized spacial score (nSPS) is 20.9. The molecule has 4 nitrogen and oxygen atoms in total. The topological polar surface area (TPSA) is 41.7 Å². The molecule has 0 aliphatic carbocycles. The Bertz CT molecular complexity index is 447. The van der Waals surface area contributed by atoms with Crippen molar-refractivity contribution in [1.29, 1.82) is 0 Å². The summed E-state index contributed by atoms with van der Waals surface area (Å²) in [7, 11) is 6.05. The van der Waals surface area contributed by atoms with Crippen molar-refractivity contribution in [1.82, 2.24) is 4.90 Å². The Morgan fingerprint density at radius 3 is 2.80 bits per heavy atom. The van der Waals surface area contributed by atoms with Gasteiger partial charge in [0.25, 0.3) is 0 Å². The summed E-state index contributed by atoms with van der Waals surface area (Å²) in [6.07, 6.45) is 1.28. The molecule has 0 amide bonds. The van der Waals surface area contributed by atoms with Gasteiger partial charge in [0.1, 0.15) is 5.75 Å². The summed E-state index contributed by atoms with van der Waals surface area (Å²) in [6.45, 7) is 5.47. The standard InChI is InChI=1S/C16H27N3O/c1-12(17)16-14(6-5-7-15(16)20-4)19(3)11-13-8-9-18(2)10-13/h5-7,12-13H,8-11,17H2,1-4H3. The monoisotopic (exact) mass is 277 g/mol. The molecule has 4 heteroatoms. The number of nitrogens with two attached hydrogens (primary N) is 1. The van der Waals surface area contributed by atoms with Crippen LogP contribution in [0.2, 0.25) is 0 Å². The number of anilines is 1. The fourth-order valence-electron chi connectivity index (χ4n) is 3.16. The lowest BCUT2D eigenvalue weighted by Gasteiger charge is -2.27. The number of hydrogen-bond acceptors (Lipinski definition) is 4. The first-order chi connectivity index (χ1) is 9.52. The van der Waals surface area contributed by atoms with E-state index in [4.69, 9.17) is 10.5 Å². The minimum Gasteiger partial charge on any atom is -0.496 e. The summed E-state index contributed by atoms with van der Waals surface area (Å²) < 4.78 is 5.47. The highest BCUT2D eigenvalue weighted by Gasteiger charge is 2.23. The van der Waals surface area contributed by atoms with Crippen molar-refractivity contribution < 1.29 is 4.74 Å². The first-order valence-electron chi connectivity index (χ1n) is 7.35. The zero-order valence-electron chi connectivity index (χ0n) is 13.1.